The maximum atomic E-state index is 12.8. The zero-order chi connectivity index (χ0) is 20.7. The van der Waals surface area contributed by atoms with E-state index in [-0.39, 0.29) is 42.1 Å². The van der Waals surface area contributed by atoms with E-state index in [4.69, 9.17) is 4.74 Å². The van der Waals surface area contributed by atoms with Crippen molar-refractivity contribution < 1.29 is 19.1 Å². The van der Waals surface area contributed by atoms with Crippen LogP contribution in [0, 0.1) is 11.8 Å². The third-order valence-corrected chi connectivity index (χ3v) is 4.93. The van der Waals surface area contributed by atoms with Crippen LogP contribution in [0.1, 0.15) is 58.6 Å². The van der Waals surface area contributed by atoms with Crippen molar-refractivity contribution in [2.75, 3.05) is 13.1 Å². The summed E-state index contributed by atoms with van der Waals surface area (Å²) < 4.78 is 5.26. The Bertz CT molecular complexity index is 664. The van der Waals surface area contributed by atoms with E-state index in [0.717, 1.165) is 5.56 Å². The fourth-order valence-corrected chi connectivity index (χ4v) is 3.43. The van der Waals surface area contributed by atoms with Crippen LogP contribution in [0.15, 0.2) is 30.3 Å². The number of nitrogens with one attached hydrogen (secondary N) is 1. The van der Waals surface area contributed by atoms with Crippen LogP contribution >= 0.6 is 0 Å². The number of ether oxygens (including phenoxy) is 1. The maximum Gasteiger partial charge on any atom is 0.308 e. The number of benzene rings is 1. The molecule has 1 aliphatic heterocycles. The van der Waals surface area contributed by atoms with Crippen molar-refractivity contribution in [2.45, 2.75) is 59.1 Å². The zero-order valence-corrected chi connectivity index (χ0v) is 17.3. The van der Waals surface area contributed by atoms with Gasteiger partial charge in [-0.15, -0.1) is 0 Å². The van der Waals surface area contributed by atoms with Crippen LogP contribution in [0.25, 0.3) is 0 Å². The molecule has 1 aromatic carbocycles. The number of esters is 1. The number of hydrogen-bond donors (Lipinski definition) is 1. The van der Waals surface area contributed by atoms with Gasteiger partial charge in [0.05, 0.1) is 18.6 Å². The molecule has 0 radical (unpaired) electrons. The van der Waals surface area contributed by atoms with E-state index < -0.39 is 6.04 Å². The molecule has 0 aromatic heterocycles. The summed E-state index contributed by atoms with van der Waals surface area (Å²) in [6, 6.07) is 9.05. The number of carbonyl (C=O) groups excluding carboxylic acids is 3. The summed E-state index contributed by atoms with van der Waals surface area (Å²) >= 11 is 0. The van der Waals surface area contributed by atoms with E-state index >= 15 is 0 Å². The molecule has 1 unspecified atom stereocenters. The molecule has 2 rings (SSSR count). The van der Waals surface area contributed by atoms with Gasteiger partial charge in [-0.3, -0.25) is 14.4 Å². The first-order valence-corrected chi connectivity index (χ1v) is 10.1. The van der Waals surface area contributed by atoms with Crippen LogP contribution in [0.2, 0.25) is 0 Å². The highest BCUT2D eigenvalue weighted by Gasteiger charge is 2.30. The largest absolute Gasteiger partial charge is 0.463 e. The van der Waals surface area contributed by atoms with Crippen molar-refractivity contribution in [3.8, 4) is 0 Å². The predicted octanol–water partition coefficient (Wildman–Crippen LogP) is 3.08. The Morgan fingerprint density at radius 1 is 1.07 bits per heavy atom. The number of rotatable bonds is 7. The third kappa shape index (κ3) is 6.36. The summed E-state index contributed by atoms with van der Waals surface area (Å²) in [5.74, 6) is -0.440. The first kappa shape index (κ1) is 21.9. The topological polar surface area (TPSA) is 75.7 Å². The van der Waals surface area contributed by atoms with Crippen molar-refractivity contribution in [1.29, 1.82) is 0 Å². The standard InChI is InChI=1S/C22H32N2O4/c1-15(2)22(27)24-12-10-18(11-13-24)21(26)23-19(14-20(25)28-16(3)4)17-8-6-5-7-9-17/h5-9,15-16,18-19H,10-14H2,1-4H3,(H,23,26). The van der Waals surface area contributed by atoms with Gasteiger partial charge < -0.3 is 15.0 Å². The van der Waals surface area contributed by atoms with Gasteiger partial charge in [-0.1, -0.05) is 44.2 Å². The van der Waals surface area contributed by atoms with Crippen molar-refractivity contribution in [1.82, 2.24) is 10.2 Å². The molecular formula is C22H32N2O4. The summed E-state index contributed by atoms with van der Waals surface area (Å²) in [5.41, 5.74) is 0.879. The van der Waals surface area contributed by atoms with E-state index in [0.29, 0.717) is 25.9 Å². The fraction of sp³-hybridized carbons (Fsp3) is 0.591. The lowest BCUT2D eigenvalue weighted by atomic mass is 9.94. The van der Waals surface area contributed by atoms with Gasteiger partial charge in [0.25, 0.3) is 0 Å². The Labute approximate surface area is 167 Å². The van der Waals surface area contributed by atoms with Gasteiger partial charge in [-0.2, -0.15) is 0 Å². The molecule has 1 N–H and O–H groups in total. The second kappa shape index (κ2) is 10.2. The average molecular weight is 389 g/mol. The van der Waals surface area contributed by atoms with Crippen LogP contribution in [0.5, 0.6) is 0 Å². The monoisotopic (exact) mass is 388 g/mol. The molecule has 1 aliphatic rings. The van der Waals surface area contributed by atoms with Crippen LogP contribution in [0.3, 0.4) is 0 Å². The molecule has 154 valence electrons. The molecule has 0 saturated carbocycles. The molecule has 6 heteroatoms. The molecule has 1 saturated heterocycles. The van der Waals surface area contributed by atoms with Gasteiger partial charge in [0.1, 0.15) is 0 Å². The average Bonchev–Trinajstić information content (AvgIpc) is 2.67. The normalized spacial score (nSPS) is 16.1. The van der Waals surface area contributed by atoms with E-state index in [1.165, 1.54) is 0 Å². The Kier molecular flexibility index (Phi) is 8.03. The molecule has 1 heterocycles. The first-order valence-electron chi connectivity index (χ1n) is 10.1. The van der Waals surface area contributed by atoms with E-state index in [1.807, 2.05) is 49.1 Å². The minimum Gasteiger partial charge on any atom is -0.463 e. The van der Waals surface area contributed by atoms with E-state index in [9.17, 15) is 14.4 Å². The lowest BCUT2D eigenvalue weighted by Crippen LogP contribution is -2.45. The van der Waals surface area contributed by atoms with Crippen LogP contribution < -0.4 is 5.32 Å². The number of nitrogens with zero attached hydrogens (tertiary/aromatic N) is 1. The van der Waals surface area contributed by atoms with E-state index in [2.05, 4.69) is 5.32 Å². The van der Waals surface area contributed by atoms with Crippen LogP contribution in [-0.4, -0.2) is 41.9 Å². The minimum atomic E-state index is -0.421. The van der Waals surface area contributed by atoms with Gasteiger partial charge in [-0.05, 0) is 32.3 Å². The number of hydrogen-bond acceptors (Lipinski definition) is 4. The second-order valence-electron chi connectivity index (χ2n) is 7.97. The summed E-state index contributed by atoms with van der Waals surface area (Å²) in [4.78, 5) is 38.9. The van der Waals surface area contributed by atoms with Crippen molar-refractivity contribution >= 4 is 17.8 Å². The lowest BCUT2D eigenvalue weighted by molar-refractivity contribution is -0.148. The van der Waals surface area contributed by atoms with Gasteiger partial charge in [0.15, 0.2) is 0 Å². The van der Waals surface area contributed by atoms with Gasteiger partial charge in [0.2, 0.25) is 11.8 Å². The molecule has 6 nitrogen and oxygen atoms in total. The zero-order valence-electron chi connectivity index (χ0n) is 17.3. The molecule has 0 bridgehead atoms. The van der Waals surface area contributed by atoms with Crippen LogP contribution in [0.4, 0.5) is 0 Å². The fourth-order valence-electron chi connectivity index (χ4n) is 3.43. The molecule has 0 spiro atoms. The number of piperidine rings is 1. The maximum absolute atomic E-state index is 12.8. The Balaban J connectivity index is 1.99. The highest BCUT2D eigenvalue weighted by atomic mass is 16.5. The highest BCUT2D eigenvalue weighted by Crippen LogP contribution is 2.23. The molecular weight excluding hydrogens is 356 g/mol. The minimum absolute atomic E-state index is 0.0280. The summed E-state index contributed by atoms with van der Waals surface area (Å²) in [5, 5.41) is 3.03. The van der Waals surface area contributed by atoms with Crippen LogP contribution in [-0.2, 0) is 19.1 Å². The first-order chi connectivity index (χ1) is 13.3. The third-order valence-electron chi connectivity index (χ3n) is 4.93. The highest BCUT2D eigenvalue weighted by molar-refractivity contribution is 5.81. The molecule has 0 aliphatic carbocycles. The van der Waals surface area contributed by atoms with Gasteiger partial charge in [0, 0.05) is 24.9 Å². The summed E-state index contributed by atoms with van der Waals surface area (Å²) in [6.07, 6.45) is 1.19. The second-order valence-corrected chi connectivity index (χ2v) is 7.97. The van der Waals surface area contributed by atoms with Crippen molar-refractivity contribution in [3.05, 3.63) is 35.9 Å². The lowest BCUT2D eigenvalue weighted by Gasteiger charge is -2.33. The summed E-state index contributed by atoms with van der Waals surface area (Å²) in [6.45, 7) is 8.59. The Morgan fingerprint density at radius 3 is 2.21 bits per heavy atom. The number of amides is 2. The Morgan fingerprint density at radius 2 is 1.68 bits per heavy atom. The van der Waals surface area contributed by atoms with Gasteiger partial charge in [-0.25, -0.2) is 0 Å². The smallest absolute Gasteiger partial charge is 0.308 e. The van der Waals surface area contributed by atoms with Crippen molar-refractivity contribution in [3.63, 3.8) is 0 Å². The molecule has 28 heavy (non-hydrogen) atoms. The predicted molar refractivity (Wildman–Crippen MR) is 107 cm³/mol. The molecule has 1 fully saturated rings. The number of carbonyl (C=O) groups is 3. The Hall–Kier alpha value is -2.37. The molecule has 1 aromatic rings. The molecule has 2 amide bonds. The quantitative estimate of drug-likeness (QED) is 0.729. The summed E-state index contributed by atoms with van der Waals surface area (Å²) in [7, 11) is 0. The molecule has 1 atom stereocenters. The van der Waals surface area contributed by atoms with Gasteiger partial charge >= 0.3 is 5.97 Å². The number of likely N-dealkylation sites (tertiary alicyclic amines) is 1. The van der Waals surface area contributed by atoms with E-state index in [1.54, 1.807) is 13.8 Å². The van der Waals surface area contributed by atoms with Crippen molar-refractivity contribution in [2.24, 2.45) is 11.8 Å². The SMILES string of the molecule is CC(C)OC(=O)CC(NC(=O)C1CCN(C(=O)C(C)C)CC1)c1ccccc1.